The van der Waals surface area contributed by atoms with Crippen LogP contribution in [0.2, 0.25) is 4.34 Å². The maximum Gasteiger partial charge on any atom is 0.0931 e. The van der Waals surface area contributed by atoms with E-state index in [1.165, 1.54) is 18.4 Å². The zero-order valence-corrected chi connectivity index (χ0v) is 11.8. The molecule has 0 radical (unpaired) electrons. The van der Waals surface area contributed by atoms with E-state index in [4.69, 9.17) is 16.3 Å². The number of hydrogen-bond acceptors (Lipinski definition) is 3. The van der Waals surface area contributed by atoms with Crippen LogP contribution in [-0.4, -0.2) is 19.8 Å². The number of hydrogen-bond donors (Lipinski definition) is 1. The zero-order chi connectivity index (χ0) is 12.1. The van der Waals surface area contributed by atoms with Crippen molar-refractivity contribution in [1.82, 2.24) is 5.32 Å². The van der Waals surface area contributed by atoms with Crippen LogP contribution in [0.15, 0.2) is 11.4 Å². The van der Waals surface area contributed by atoms with Gasteiger partial charge in [0.05, 0.1) is 4.34 Å². The maximum absolute atomic E-state index is 5.91. The highest BCUT2D eigenvalue weighted by Crippen LogP contribution is 2.28. The molecule has 1 unspecified atom stereocenters. The Hall–Kier alpha value is -0.0900. The third-order valence-corrected chi connectivity index (χ3v) is 4.16. The Morgan fingerprint density at radius 2 is 2.41 bits per heavy atom. The summed E-state index contributed by atoms with van der Waals surface area (Å²) >= 11 is 7.50. The van der Waals surface area contributed by atoms with E-state index in [1.54, 1.807) is 11.3 Å². The molecule has 1 N–H and O–H groups in total. The van der Waals surface area contributed by atoms with E-state index < -0.39 is 0 Å². The maximum atomic E-state index is 5.91. The molecule has 96 valence electrons. The lowest BCUT2D eigenvalue weighted by Gasteiger charge is -2.12. The molecule has 0 amide bonds. The molecule has 2 rings (SSSR count). The fraction of sp³-hybridized carbons (Fsp3) is 0.692. The van der Waals surface area contributed by atoms with E-state index in [2.05, 4.69) is 17.6 Å². The molecule has 1 saturated carbocycles. The van der Waals surface area contributed by atoms with Gasteiger partial charge in [-0.25, -0.2) is 0 Å². The van der Waals surface area contributed by atoms with Gasteiger partial charge in [0, 0.05) is 19.3 Å². The van der Waals surface area contributed by atoms with Gasteiger partial charge in [-0.3, -0.25) is 0 Å². The molecule has 1 heterocycles. The lowest BCUT2D eigenvalue weighted by molar-refractivity contribution is 0.121. The van der Waals surface area contributed by atoms with Gasteiger partial charge in [-0.2, -0.15) is 0 Å². The summed E-state index contributed by atoms with van der Waals surface area (Å²) in [5.41, 5.74) is 1.28. The second kappa shape index (κ2) is 6.74. The highest BCUT2D eigenvalue weighted by Gasteiger charge is 2.20. The van der Waals surface area contributed by atoms with Crippen molar-refractivity contribution in [2.24, 2.45) is 5.92 Å². The van der Waals surface area contributed by atoms with Crippen molar-refractivity contribution >= 4 is 22.9 Å². The minimum absolute atomic E-state index is 0.377. The van der Waals surface area contributed by atoms with Gasteiger partial charge in [0.2, 0.25) is 0 Å². The Morgan fingerprint density at radius 3 is 3.06 bits per heavy atom. The highest BCUT2D eigenvalue weighted by molar-refractivity contribution is 7.14. The van der Waals surface area contributed by atoms with Crippen LogP contribution in [0.3, 0.4) is 0 Å². The first kappa shape index (κ1) is 13.3. The minimum Gasteiger partial charge on any atom is -0.381 e. The van der Waals surface area contributed by atoms with E-state index in [0.29, 0.717) is 6.04 Å². The quantitative estimate of drug-likeness (QED) is 0.726. The van der Waals surface area contributed by atoms with Crippen LogP contribution in [0.5, 0.6) is 0 Å². The van der Waals surface area contributed by atoms with Crippen molar-refractivity contribution in [3.8, 4) is 0 Å². The number of thiophene rings is 1. The van der Waals surface area contributed by atoms with Gasteiger partial charge >= 0.3 is 0 Å². The standard InChI is InChI=1S/C13H20ClNOS/c1-10(12-7-13(14)17-9-12)15-5-2-6-16-8-11-3-4-11/h7,9-11,15H,2-6,8H2,1H3. The molecule has 1 aromatic heterocycles. The van der Waals surface area contributed by atoms with Crippen LogP contribution in [0.1, 0.15) is 37.8 Å². The highest BCUT2D eigenvalue weighted by atomic mass is 35.5. The SMILES string of the molecule is CC(NCCCOCC1CC1)c1csc(Cl)c1. The molecule has 1 aliphatic rings. The Bertz CT molecular complexity index is 338. The molecular weight excluding hydrogens is 254 g/mol. The van der Waals surface area contributed by atoms with Crippen molar-refractivity contribution in [1.29, 1.82) is 0 Å². The zero-order valence-electron chi connectivity index (χ0n) is 10.2. The summed E-state index contributed by atoms with van der Waals surface area (Å²) in [5, 5.41) is 5.60. The Balaban J connectivity index is 1.51. The summed E-state index contributed by atoms with van der Waals surface area (Å²) in [6.45, 7) is 5.01. The molecule has 17 heavy (non-hydrogen) atoms. The Labute approximate surface area is 112 Å². The Morgan fingerprint density at radius 1 is 1.59 bits per heavy atom. The monoisotopic (exact) mass is 273 g/mol. The van der Waals surface area contributed by atoms with Crippen LogP contribution in [-0.2, 0) is 4.74 Å². The van der Waals surface area contributed by atoms with E-state index in [1.807, 2.05) is 6.07 Å². The molecular formula is C13H20ClNOS. The van der Waals surface area contributed by atoms with Crippen molar-refractivity contribution < 1.29 is 4.74 Å². The van der Waals surface area contributed by atoms with Gasteiger partial charge in [-0.1, -0.05) is 11.6 Å². The first-order valence-corrected chi connectivity index (χ1v) is 7.56. The summed E-state index contributed by atoms with van der Waals surface area (Å²) < 4.78 is 6.45. The number of halogens is 1. The summed E-state index contributed by atoms with van der Waals surface area (Å²) in [4.78, 5) is 0. The molecule has 0 bridgehead atoms. The van der Waals surface area contributed by atoms with Crippen LogP contribution in [0.4, 0.5) is 0 Å². The van der Waals surface area contributed by atoms with Crippen molar-refractivity contribution in [2.45, 2.75) is 32.2 Å². The van der Waals surface area contributed by atoms with Gasteiger partial charge in [-0.05, 0) is 55.7 Å². The normalized spacial score (nSPS) is 17.3. The van der Waals surface area contributed by atoms with Gasteiger partial charge in [0.25, 0.3) is 0 Å². The van der Waals surface area contributed by atoms with Gasteiger partial charge in [0.15, 0.2) is 0 Å². The van der Waals surface area contributed by atoms with E-state index in [-0.39, 0.29) is 0 Å². The average Bonchev–Trinajstić information content (AvgIpc) is 3.04. The molecule has 1 fully saturated rings. The van der Waals surface area contributed by atoms with Crippen molar-refractivity contribution in [3.05, 3.63) is 21.3 Å². The predicted molar refractivity (Wildman–Crippen MR) is 73.9 cm³/mol. The molecule has 2 nitrogen and oxygen atoms in total. The van der Waals surface area contributed by atoms with E-state index in [0.717, 1.165) is 36.4 Å². The lowest BCUT2D eigenvalue weighted by atomic mass is 10.2. The largest absolute Gasteiger partial charge is 0.381 e. The number of rotatable bonds is 8. The predicted octanol–water partition coefficient (Wildman–Crippen LogP) is 3.87. The Kier molecular flexibility index (Phi) is 5.29. The summed E-state index contributed by atoms with van der Waals surface area (Å²) in [6.07, 6.45) is 3.82. The molecule has 0 spiro atoms. The average molecular weight is 274 g/mol. The van der Waals surface area contributed by atoms with Crippen LogP contribution >= 0.6 is 22.9 Å². The fourth-order valence-corrected chi connectivity index (χ4v) is 2.68. The smallest absolute Gasteiger partial charge is 0.0931 e. The van der Waals surface area contributed by atoms with E-state index in [9.17, 15) is 0 Å². The molecule has 0 aliphatic heterocycles. The third-order valence-electron chi connectivity index (χ3n) is 3.05. The fourth-order valence-electron chi connectivity index (χ4n) is 1.70. The first-order valence-electron chi connectivity index (χ1n) is 6.31. The van der Waals surface area contributed by atoms with Crippen molar-refractivity contribution in [3.63, 3.8) is 0 Å². The minimum atomic E-state index is 0.377. The van der Waals surface area contributed by atoms with Crippen LogP contribution < -0.4 is 5.32 Å². The van der Waals surface area contributed by atoms with Gasteiger partial charge in [0.1, 0.15) is 0 Å². The van der Waals surface area contributed by atoms with Crippen molar-refractivity contribution in [2.75, 3.05) is 19.8 Å². The molecule has 1 aliphatic carbocycles. The molecule has 1 aromatic rings. The number of nitrogens with one attached hydrogen (secondary N) is 1. The van der Waals surface area contributed by atoms with Crippen LogP contribution in [0, 0.1) is 5.92 Å². The number of ether oxygens (including phenoxy) is 1. The second-order valence-corrected chi connectivity index (χ2v) is 6.27. The van der Waals surface area contributed by atoms with E-state index >= 15 is 0 Å². The van der Waals surface area contributed by atoms with Gasteiger partial charge < -0.3 is 10.1 Å². The molecule has 0 saturated heterocycles. The third kappa shape index (κ3) is 4.96. The topological polar surface area (TPSA) is 21.3 Å². The second-order valence-electron chi connectivity index (χ2n) is 4.73. The van der Waals surface area contributed by atoms with Gasteiger partial charge in [-0.15, -0.1) is 11.3 Å². The summed E-state index contributed by atoms with van der Waals surface area (Å²) in [5.74, 6) is 0.870. The lowest BCUT2D eigenvalue weighted by Crippen LogP contribution is -2.20. The summed E-state index contributed by atoms with van der Waals surface area (Å²) in [6, 6.07) is 2.41. The molecule has 1 atom stereocenters. The molecule has 4 heteroatoms. The molecule has 0 aromatic carbocycles. The van der Waals surface area contributed by atoms with Crippen LogP contribution in [0.25, 0.3) is 0 Å². The first-order chi connectivity index (χ1) is 8.25. The summed E-state index contributed by atoms with van der Waals surface area (Å²) in [7, 11) is 0.